The Labute approximate surface area is 86.8 Å². The van der Waals surface area contributed by atoms with Crippen LogP contribution in [0, 0.1) is 11.3 Å². The molecule has 1 saturated carbocycles. The first kappa shape index (κ1) is 9.97. The lowest BCUT2D eigenvalue weighted by Gasteiger charge is -2.34. The van der Waals surface area contributed by atoms with E-state index in [2.05, 4.69) is 45.9 Å². The molecule has 0 bridgehead atoms. The van der Waals surface area contributed by atoms with E-state index in [0.29, 0.717) is 18.1 Å². The van der Waals surface area contributed by atoms with Crippen molar-refractivity contribution < 1.29 is 4.74 Å². The van der Waals surface area contributed by atoms with Gasteiger partial charge >= 0.3 is 0 Å². The maximum Gasteiger partial charge on any atom is 0.0930 e. The minimum absolute atomic E-state index is 0.238. The Kier molecular flexibility index (Phi) is 2.30. The van der Waals surface area contributed by atoms with Crippen molar-refractivity contribution in [2.75, 3.05) is 0 Å². The Morgan fingerprint density at radius 3 is 2.79 bits per heavy atom. The summed E-state index contributed by atoms with van der Waals surface area (Å²) in [5.74, 6) is 0.671. The predicted octanol–water partition coefficient (Wildman–Crippen LogP) is 3.32. The molecule has 0 aromatic rings. The quantitative estimate of drug-likeness (QED) is 0.581. The van der Waals surface area contributed by atoms with E-state index < -0.39 is 0 Å². The predicted molar refractivity (Wildman–Crippen MR) is 59.1 cm³/mol. The zero-order chi connectivity index (χ0) is 10.3. The molecular formula is C13H20O. The van der Waals surface area contributed by atoms with Crippen LogP contribution in [0.1, 0.15) is 34.1 Å². The summed E-state index contributed by atoms with van der Waals surface area (Å²) in [6.07, 6.45) is 8.75. The van der Waals surface area contributed by atoms with Gasteiger partial charge in [0.15, 0.2) is 0 Å². The smallest absolute Gasteiger partial charge is 0.0930 e. The maximum atomic E-state index is 5.71. The normalized spacial score (nSPS) is 42.9. The summed E-state index contributed by atoms with van der Waals surface area (Å²) in [4.78, 5) is 0. The largest absolute Gasteiger partial charge is 0.369 e. The third kappa shape index (κ3) is 1.44. The Morgan fingerprint density at radius 1 is 1.43 bits per heavy atom. The SMILES string of the molecule is CC=CC=C1C(C)CC2OC2C1(C)C. The molecule has 0 radical (unpaired) electrons. The molecule has 1 saturated heterocycles. The van der Waals surface area contributed by atoms with E-state index in [-0.39, 0.29) is 5.41 Å². The second-order valence-electron chi connectivity index (χ2n) is 5.10. The van der Waals surface area contributed by atoms with Gasteiger partial charge in [0.25, 0.3) is 0 Å². The molecular weight excluding hydrogens is 172 g/mol. The Morgan fingerprint density at radius 2 is 2.14 bits per heavy atom. The van der Waals surface area contributed by atoms with Gasteiger partial charge in [-0.2, -0.15) is 0 Å². The summed E-state index contributed by atoms with van der Waals surface area (Å²) in [6, 6.07) is 0. The molecule has 0 amide bonds. The van der Waals surface area contributed by atoms with Crippen molar-refractivity contribution in [1.29, 1.82) is 0 Å². The minimum Gasteiger partial charge on any atom is -0.369 e. The molecule has 14 heavy (non-hydrogen) atoms. The van der Waals surface area contributed by atoms with Crippen LogP contribution in [-0.2, 0) is 4.74 Å². The molecule has 1 aliphatic carbocycles. The molecule has 78 valence electrons. The van der Waals surface area contributed by atoms with Crippen LogP contribution in [-0.4, -0.2) is 12.2 Å². The van der Waals surface area contributed by atoms with Crippen LogP contribution in [0.3, 0.4) is 0 Å². The van der Waals surface area contributed by atoms with Crippen LogP contribution in [0.5, 0.6) is 0 Å². The number of hydrogen-bond acceptors (Lipinski definition) is 1. The molecule has 0 aromatic carbocycles. The average Bonchev–Trinajstić information content (AvgIpc) is 2.83. The Balaban J connectivity index is 2.27. The summed E-state index contributed by atoms with van der Waals surface area (Å²) in [5, 5.41) is 0. The van der Waals surface area contributed by atoms with Gasteiger partial charge in [-0.1, -0.05) is 44.6 Å². The van der Waals surface area contributed by atoms with Crippen molar-refractivity contribution in [1.82, 2.24) is 0 Å². The molecule has 0 N–H and O–H groups in total. The number of hydrogen-bond donors (Lipinski definition) is 0. The molecule has 0 spiro atoms. The molecule has 1 heteroatoms. The second-order valence-corrected chi connectivity index (χ2v) is 5.10. The third-order valence-electron chi connectivity index (χ3n) is 3.62. The molecule has 1 nitrogen and oxygen atoms in total. The van der Waals surface area contributed by atoms with E-state index in [1.165, 1.54) is 6.42 Å². The lowest BCUT2D eigenvalue weighted by molar-refractivity contribution is 0.276. The summed E-state index contributed by atoms with van der Waals surface area (Å²) >= 11 is 0. The summed E-state index contributed by atoms with van der Waals surface area (Å²) in [7, 11) is 0. The van der Waals surface area contributed by atoms with Crippen LogP contribution in [0.25, 0.3) is 0 Å². The first-order valence-electron chi connectivity index (χ1n) is 5.56. The van der Waals surface area contributed by atoms with E-state index in [1.54, 1.807) is 5.57 Å². The highest BCUT2D eigenvalue weighted by Crippen LogP contribution is 2.53. The molecule has 2 fully saturated rings. The summed E-state index contributed by atoms with van der Waals surface area (Å²) in [5.41, 5.74) is 1.79. The van der Waals surface area contributed by atoms with Crippen molar-refractivity contribution in [3.05, 3.63) is 23.8 Å². The first-order valence-corrected chi connectivity index (χ1v) is 5.56. The molecule has 2 rings (SSSR count). The van der Waals surface area contributed by atoms with E-state index in [1.807, 2.05) is 0 Å². The van der Waals surface area contributed by atoms with E-state index >= 15 is 0 Å². The highest BCUT2D eigenvalue weighted by atomic mass is 16.6. The van der Waals surface area contributed by atoms with Gasteiger partial charge in [-0.25, -0.2) is 0 Å². The van der Waals surface area contributed by atoms with E-state index in [0.717, 1.165) is 0 Å². The van der Waals surface area contributed by atoms with Gasteiger partial charge in [0.1, 0.15) is 0 Å². The van der Waals surface area contributed by atoms with Crippen molar-refractivity contribution in [3.8, 4) is 0 Å². The van der Waals surface area contributed by atoms with Gasteiger partial charge in [0.05, 0.1) is 12.2 Å². The van der Waals surface area contributed by atoms with Crippen molar-refractivity contribution in [2.45, 2.75) is 46.3 Å². The number of epoxide rings is 1. The Hall–Kier alpha value is -0.560. The topological polar surface area (TPSA) is 12.5 Å². The third-order valence-corrected chi connectivity index (χ3v) is 3.62. The van der Waals surface area contributed by atoms with Crippen LogP contribution in [0.15, 0.2) is 23.8 Å². The van der Waals surface area contributed by atoms with Crippen molar-refractivity contribution in [2.24, 2.45) is 11.3 Å². The number of rotatable bonds is 1. The van der Waals surface area contributed by atoms with Gasteiger partial charge in [-0.3, -0.25) is 0 Å². The Bertz CT molecular complexity index is 286. The highest BCUT2D eigenvalue weighted by Gasteiger charge is 2.55. The van der Waals surface area contributed by atoms with Crippen molar-refractivity contribution in [3.63, 3.8) is 0 Å². The van der Waals surface area contributed by atoms with Crippen LogP contribution in [0.2, 0.25) is 0 Å². The monoisotopic (exact) mass is 192 g/mol. The van der Waals surface area contributed by atoms with Gasteiger partial charge in [0.2, 0.25) is 0 Å². The second kappa shape index (κ2) is 3.23. The zero-order valence-electron chi connectivity index (χ0n) is 9.58. The molecule has 1 aliphatic heterocycles. The molecule has 1 heterocycles. The summed E-state index contributed by atoms with van der Waals surface area (Å²) in [6.45, 7) is 8.99. The van der Waals surface area contributed by atoms with Crippen LogP contribution in [0.4, 0.5) is 0 Å². The summed E-state index contributed by atoms with van der Waals surface area (Å²) < 4.78 is 5.71. The molecule has 3 unspecified atom stereocenters. The molecule has 3 atom stereocenters. The van der Waals surface area contributed by atoms with Crippen molar-refractivity contribution >= 4 is 0 Å². The fourth-order valence-electron chi connectivity index (χ4n) is 2.81. The van der Waals surface area contributed by atoms with Gasteiger partial charge < -0.3 is 4.74 Å². The highest BCUT2D eigenvalue weighted by molar-refractivity contribution is 5.28. The van der Waals surface area contributed by atoms with Crippen LogP contribution >= 0.6 is 0 Å². The minimum atomic E-state index is 0.238. The number of ether oxygens (including phenoxy) is 1. The molecule has 2 aliphatic rings. The lowest BCUT2D eigenvalue weighted by Crippen LogP contribution is -2.32. The average molecular weight is 192 g/mol. The van der Waals surface area contributed by atoms with Crippen LogP contribution < -0.4 is 0 Å². The zero-order valence-corrected chi connectivity index (χ0v) is 9.58. The van der Waals surface area contributed by atoms with E-state index in [4.69, 9.17) is 4.74 Å². The van der Waals surface area contributed by atoms with Gasteiger partial charge in [-0.15, -0.1) is 0 Å². The van der Waals surface area contributed by atoms with Gasteiger partial charge in [-0.05, 0) is 19.3 Å². The number of fused-ring (bicyclic) bond motifs is 1. The van der Waals surface area contributed by atoms with Gasteiger partial charge in [0, 0.05) is 5.41 Å². The fourth-order valence-corrected chi connectivity index (χ4v) is 2.81. The standard InChI is InChI=1S/C13H20O/c1-5-6-7-10-9(2)8-11-12(14-11)13(10,3)4/h5-7,9,11-12H,8H2,1-4H3. The van der Waals surface area contributed by atoms with E-state index in [9.17, 15) is 0 Å². The first-order chi connectivity index (χ1) is 6.57. The maximum absolute atomic E-state index is 5.71. The number of allylic oxidation sites excluding steroid dienone is 3. The molecule has 0 aromatic heterocycles. The lowest BCUT2D eigenvalue weighted by atomic mass is 9.68. The fraction of sp³-hybridized carbons (Fsp3) is 0.692.